The molecule has 44 heavy (non-hydrogen) atoms. The number of amides is 1. The standard InChI is InChI=1S/C33H40Cl2N6O3/c1-5-9-26-23(19-36)33(38-21-12-13-30(25(35)16-21)44-20-29-24(34)10-7-14-37-29)22-17-28(31(43-6-2)18-27(22)39-26)40-32(42)11-8-15-41(3)4/h7,10,12-14,16-18,23,26,33,38-39H,5-6,8-9,11,15,20H2,1-4H3,(H,40,42). The molecule has 0 saturated carbocycles. The maximum Gasteiger partial charge on any atom is 0.224 e. The number of aromatic nitrogens is 1. The van der Waals surface area contributed by atoms with E-state index >= 15 is 0 Å². The number of ether oxygens (including phenoxy) is 2. The van der Waals surface area contributed by atoms with Crippen LogP contribution in [0.2, 0.25) is 10.0 Å². The number of hydrogen-bond acceptors (Lipinski definition) is 8. The second-order valence-corrected chi connectivity index (χ2v) is 11.8. The summed E-state index contributed by atoms with van der Waals surface area (Å²) in [5, 5.41) is 21.5. The second-order valence-electron chi connectivity index (χ2n) is 11.0. The van der Waals surface area contributed by atoms with Crippen LogP contribution in [-0.2, 0) is 11.4 Å². The number of benzene rings is 2. The minimum Gasteiger partial charge on any atom is -0.492 e. The summed E-state index contributed by atoms with van der Waals surface area (Å²) in [7, 11) is 3.97. The number of nitrogens with zero attached hydrogens (tertiary/aromatic N) is 3. The van der Waals surface area contributed by atoms with Crippen LogP contribution >= 0.6 is 23.2 Å². The molecular formula is C33H40Cl2N6O3. The molecule has 1 aliphatic heterocycles. The number of nitriles is 1. The zero-order valence-corrected chi connectivity index (χ0v) is 27.1. The molecule has 3 aromatic rings. The Kier molecular flexibility index (Phi) is 12.0. The van der Waals surface area contributed by atoms with Crippen LogP contribution in [-0.4, -0.2) is 49.1 Å². The van der Waals surface area contributed by atoms with E-state index in [1.807, 2.05) is 39.2 Å². The van der Waals surface area contributed by atoms with E-state index in [4.69, 9.17) is 32.7 Å². The molecule has 1 aromatic heterocycles. The predicted molar refractivity (Wildman–Crippen MR) is 177 cm³/mol. The van der Waals surface area contributed by atoms with Gasteiger partial charge in [-0.05, 0) is 76.8 Å². The van der Waals surface area contributed by atoms with Crippen LogP contribution in [0.4, 0.5) is 17.1 Å². The fourth-order valence-electron chi connectivity index (χ4n) is 5.29. The van der Waals surface area contributed by atoms with E-state index in [0.717, 1.165) is 42.7 Å². The van der Waals surface area contributed by atoms with Crippen molar-refractivity contribution >= 4 is 46.2 Å². The van der Waals surface area contributed by atoms with Crippen LogP contribution in [0.1, 0.15) is 56.8 Å². The molecule has 1 amide bonds. The first-order chi connectivity index (χ1) is 21.2. The highest BCUT2D eigenvalue weighted by atomic mass is 35.5. The molecule has 4 rings (SSSR count). The van der Waals surface area contributed by atoms with Crippen LogP contribution in [0.3, 0.4) is 0 Å². The van der Waals surface area contributed by atoms with Crippen LogP contribution in [0, 0.1) is 17.2 Å². The van der Waals surface area contributed by atoms with Gasteiger partial charge in [0, 0.05) is 41.7 Å². The van der Waals surface area contributed by atoms with Gasteiger partial charge in [-0.25, -0.2) is 0 Å². The van der Waals surface area contributed by atoms with Crippen molar-refractivity contribution in [1.29, 1.82) is 5.26 Å². The van der Waals surface area contributed by atoms with Gasteiger partial charge < -0.3 is 30.3 Å². The Morgan fingerprint density at radius 3 is 2.61 bits per heavy atom. The molecule has 3 atom stereocenters. The number of rotatable bonds is 14. The van der Waals surface area contributed by atoms with E-state index in [-0.39, 0.29) is 24.6 Å². The molecule has 9 nitrogen and oxygen atoms in total. The van der Waals surface area contributed by atoms with Gasteiger partial charge in [-0.1, -0.05) is 36.5 Å². The smallest absolute Gasteiger partial charge is 0.224 e. The Morgan fingerprint density at radius 2 is 1.93 bits per heavy atom. The average Bonchev–Trinajstić information content (AvgIpc) is 2.98. The van der Waals surface area contributed by atoms with Crippen molar-refractivity contribution in [3.05, 3.63) is 70.0 Å². The zero-order chi connectivity index (χ0) is 31.6. The van der Waals surface area contributed by atoms with Crippen molar-refractivity contribution in [3.8, 4) is 17.6 Å². The monoisotopic (exact) mass is 638 g/mol. The predicted octanol–water partition coefficient (Wildman–Crippen LogP) is 7.53. The maximum atomic E-state index is 12.9. The molecule has 0 saturated heterocycles. The lowest BCUT2D eigenvalue weighted by Crippen LogP contribution is -2.40. The highest BCUT2D eigenvalue weighted by molar-refractivity contribution is 6.32. The van der Waals surface area contributed by atoms with Crippen LogP contribution in [0.15, 0.2) is 48.7 Å². The summed E-state index contributed by atoms with van der Waals surface area (Å²) in [5.41, 5.74) is 3.64. The molecule has 11 heteroatoms. The number of carbonyl (C=O) groups excluding carboxylic acids is 1. The minimum atomic E-state index is -0.398. The summed E-state index contributed by atoms with van der Waals surface area (Å²) in [6, 6.07) is 14.9. The first-order valence-corrected chi connectivity index (χ1v) is 15.7. The van der Waals surface area contributed by atoms with Crippen LogP contribution < -0.4 is 25.4 Å². The largest absolute Gasteiger partial charge is 0.492 e. The SMILES string of the molecule is CCCC1Nc2cc(OCC)c(NC(=O)CCCN(C)C)cc2C(Nc2ccc(OCc3ncccc3Cl)c(Cl)c2)C1C#N. The van der Waals surface area contributed by atoms with Gasteiger partial charge in [-0.2, -0.15) is 5.26 Å². The molecule has 2 aromatic carbocycles. The number of nitrogens with one attached hydrogen (secondary N) is 3. The van der Waals surface area contributed by atoms with E-state index < -0.39 is 5.92 Å². The molecule has 3 N–H and O–H groups in total. The van der Waals surface area contributed by atoms with Crippen molar-refractivity contribution in [3.63, 3.8) is 0 Å². The van der Waals surface area contributed by atoms with E-state index in [1.54, 1.807) is 30.5 Å². The quantitative estimate of drug-likeness (QED) is 0.166. The van der Waals surface area contributed by atoms with Crippen molar-refractivity contribution in [2.24, 2.45) is 5.92 Å². The molecule has 234 valence electrons. The van der Waals surface area contributed by atoms with Crippen molar-refractivity contribution in [2.45, 2.75) is 58.2 Å². The third-order valence-corrected chi connectivity index (χ3v) is 8.04. The molecule has 3 unspecified atom stereocenters. The Morgan fingerprint density at radius 1 is 1.11 bits per heavy atom. The molecule has 0 bridgehead atoms. The maximum absolute atomic E-state index is 12.9. The van der Waals surface area contributed by atoms with Gasteiger partial charge in [-0.15, -0.1) is 0 Å². The van der Waals surface area contributed by atoms with Crippen molar-refractivity contribution in [1.82, 2.24) is 9.88 Å². The summed E-state index contributed by atoms with van der Waals surface area (Å²) in [6.45, 7) is 5.45. The molecular weight excluding hydrogens is 599 g/mol. The highest BCUT2D eigenvalue weighted by Gasteiger charge is 2.37. The number of hydrogen-bond donors (Lipinski definition) is 3. The summed E-state index contributed by atoms with van der Waals surface area (Å²) < 4.78 is 11.8. The summed E-state index contributed by atoms with van der Waals surface area (Å²) in [4.78, 5) is 19.2. The molecule has 0 aliphatic carbocycles. The van der Waals surface area contributed by atoms with Crippen LogP contribution in [0.5, 0.6) is 11.5 Å². The van der Waals surface area contributed by atoms with Crippen molar-refractivity contribution < 1.29 is 14.3 Å². The Hall–Kier alpha value is -3.71. The van der Waals surface area contributed by atoms with Crippen LogP contribution in [0.25, 0.3) is 0 Å². The Labute approximate surface area is 269 Å². The first kappa shape index (κ1) is 33.2. The molecule has 0 fully saturated rings. The van der Waals surface area contributed by atoms with E-state index in [9.17, 15) is 10.1 Å². The van der Waals surface area contributed by atoms with Gasteiger partial charge in [-0.3, -0.25) is 9.78 Å². The number of halogens is 2. The second kappa shape index (κ2) is 15.8. The fraction of sp³-hybridized carbons (Fsp3) is 0.424. The summed E-state index contributed by atoms with van der Waals surface area (Å²) in [6.07, 6.45) is 4.51. The first-order valence-electron chi connectivity index (χ1n) is 14.9. The molecule has 2 heterocycles. The normalized spacial score (nSPS) is 17.3. The summed E-state index contributed by atoms with van der Waals surface area (Å²) in [5.74, 6) is 0.591. The van der Waals surface area contributed by atoms with Crippen molar-refractivity contribution in [2.75, 3.05) is 43.2 Å². The lowest BCUT2D eigenvalue weighted by atomic mass is 9.81. The Bertz CT molecular complexity index is 1480. The lowest BCUT2D eigenvalue weighted by molar-refractivity contribution is -0.116. The Balaban J connectivity index is 1.62. The van der Waals surface area contributed by atoms with E-state index in [1.165, 1.54) is 0 Å². The number of pyridine rings is 1. The van der Waals surface area contributed by atoms with Gasteiger partial charge in [0.1, 0.15) is 18.1 Å². The van der Waals surface area contributed by atoms with Gasteiger partial charge >= 0.3 is 0 Å². The number of carbonyl (C=O) groups is 1. The zero-order valence-electron chi connectivity index (χ0n) is 25.6. The summed E-state index contributed by atoms with van der Waals surface area (Å²) >= 11 is 12.9. The topological polar surface area (TPSA) is 112 Å². The minimum absolute atomic E-state index is 0.0860. The number of anilines is 3. The van der Waals surface area contributed by atoms with Gasteiger partial charge in [0.05, 0.1) is 46.1 Å². The molecule has 0 radical (unpaired) electrons. The fourth-order valence-corrected chi connectivity index (χ4v) is 5.70. The van der Waals surface area contributed by atoms with Gasteiger partial charge in [0.15, 0.2) is 0 Å². The van der Waals surface area contributed by atoms with Gasteiger partial charge in [0.2, 0.25) is 5.91 Å². The molecule has 1 aliphatic rings. The van der Waals surface area contributed by atoms with E-state index in [0.29, 0.717) is 46.0 Å². The average molecular weight is 640 g/mol. The third kappa shape index (κ3) is 8.47. The lowest BCUT2D eigenvalue weighted by Gasteiger charge is -2.38. The van der Waals surface area contributed by atoms with Gasteiger partial charge in [0.25, 0.3) is 0 Å². The highest BCUT2D eigenvalue weighted by Crippen LogP contribution is 2.45. The molecule has 0 spiro atoms. The van der Waals surface area contributed by atoms with E-state index in [2.05, 4.69) is 38.8 Å². The number of fused-ring (bicyclic) bond motifs is 1. The third-order valence-electron chi connectivity index (χ3n) is 7.41.